The van der Waals surface area contributed by atoms with Gasteiger partial charge in [0.1, 0.15) is 12.4 Å². The standard InChI is InChI=1S/C24H22F3N3O5/c25-24(26,27)35-16-6-3-5-15(11-16)12-21(32)20-9-4-10-29(20)23(34)28-18-13-30(22(33)14-31)19-8-2-1-7-17(18)19/h1-3,5-8,11,13,20,31H,4,9-10,12,14H2,(H,28,34)/t20-/m0/s1. The van der Waals surface area contributed by atoms with Gasteiger partial charge in [-0.15, -0.1) is 13.2 Å². The quantitative estimate of drug-likeness (QED) is 0.546. The van der Waals surface area contributed by atoms with Gasteiger partial charge in [-0.05, 0) is 36.6 Å². The highest BCUT2D eigenvalue weighted by atomic mass is 19.4. The van der Waals surface area contributed by atoms with Crippen LogP contribution in [0.3, 0.4) is 0 Å². The normalized spacial score (nSPS) is 15.9. The number of fused-ring (bicyclic) bond motifs is 1. The van der Waals surface area contributed by atoms with Crippen molar-refractivity contribution >= 4 is 34.3 Å². The number of amides is 2. The van der Waals surface area contributed by atoms with Crippen LogP contribution in [-0.2, 0) is 11.2 Å². The number of para-hydroxylation sites is 1. The Morgan fingerprint density at radius 3 is 2.63 bits per heavy atom. The monoisotopic (exact) mass is 489 g/mol. The number of aromatic nitrogens is 1. The first-order chi connectivity index (χ1) is 16.7. The molecule has 1 aromatic heterocycles. The van der Waals surface area contributed by atoms with Gasteiger partial charge in [-0.1, -0.05) is 30.3 Å². The molecule has 1 saturated heterocycles. The molecule has 1 aliphatic heterocycles. The summed E-state index contributed by atoms with van der Waals surface area (Å²) >= 11 is 0. The van der Waals surface area contributed by atoms with E-state index in [1.54, 1.807) is 24.3 Å². The summed E-state index contributed by atoms with van der Waals surface area (Å²) < 4.78 is 42.6. The number of likely N-dealkylation sites (tertiary alicyclic amines) is 1. The number of urea groups is 1. The van der Waals surface area contributed by atoms with Crippen LogP contribution in [0.5, 0.6) is 5.75 Å². The summed E-state index contributed by atoms with van der Waals surface area (Å²) in [5.41, 5.74) is 1.20. The van der Waals surface area contributed by atoms with Gasteiger partial charge in [0.15, 0.2) is 5.78 Å². The smallest absolute Gasteiger partial charge is 0.406 e. The van der Waals surface area contributed by atoms with Gasteiger partial charge in [0, 0.05) is 24.5 Å². The number of nitrogens with one attached hydrogen (secondary N) is 1. The fourth-order valence-electron chi connectivity index (χ4n) is 4.26. The van der Waals surface area contributed by atoms with Crippen molar-refractivity contribution in [3.05, 3.63) is 60.3 Å². The van der Waals surface area contributed by atoms with E-state index in [9.17, 15) is 32.7 Å². The van der Waals surface area contributed by atoms with Crippen LogP contribution < -0.4 is 10.1 Å². The zero-order valence-corrected chi connectivity index (χ0v) is 18.4. The number of hydrogen-bond donors (Lipinski definition) is 2. The van der Waals surface area contributed by atoms with Crippen molar-refractivity contribution < 1.29 is 37.4 Å². The molecular formula is C24H22F3N3O5. The van der Waals surface area contributed by atoms with Crippen molar-refractivity contribution in [1.82, 2.24) is 9.47 Å². The molecule has 1 fully saturated rings. The highest BCUT2D eigenvalue weighted by Crippen LogP contribution is 2.28. The van der Waals surface area contributed by atoms with Crippen LogP contribution in [0.1, 0.15) is 23.2 Å². The van der Waals surface area contributed by atoms with Crippen LogP contribution in [0, 0.1) is 0 Å². The third kappa shape index (κ3) is 5.46. The molecule has 0 bridgehead atoms. The Labute approximate surface area is 197 Å². The number of aliphatic hydroxyl groups excluding tert-OH is 1. The van der Waals surface area contributed by atoms with Crippen molar-refractivity contribution in [1.29, 1.82) is 0 Å². The van der Waals surface area contributed by atoms with E-state index in [1.165, 1.54) is 27.8 Å². The Hall–Kier alpha value is -3.86. The number of hydrogen-bond acceptors (Lipinski definition) is 5. The van der Waals surface area contributed by atoms with E-state index in [-0.39, 0.29) is 12.2 Å². The summed E-state index contributed by atoms with van der Waals surface area (Å²) in [6, 6.07) is 10.8. The highest BCUT2D eigenvalue weighted by molar-refractivity contribution is 6.06. The lowest BCUT2D eigenvalue weighted by atomic mass is 10.0. The molecule has 11 heteroatoms. The number of anilines is 1. The maximum atomic E-state index is 13.1. The van der Waals surface area contributed by atoms with Crippen LogP contribution in [-0.4, -0.2) is 57.9 Å². The molecule has 0 saturated carbocycles. The summed E-state index contributed by atoms with van der Waals surface area (Å²) in [6.45, 7) is -0.377. The van der Waals surface area contributed by atoms with Crippen LogP contribution in [0.25, 0.3) is 10.9 Å². The van der Waals surface area contributed by atoms with Gasteiger partial charge in [-0.2, -0.15) is 0 Å². The fourth-order valence-corrected chi connectivity index (χ4v) is 4.26. The second kappa shape index (κ2) is 9.79. The largest absolute Gasteiger partial charge is 0.573 e. The number of benzene rings is 2. The number of rotatable bonds is 6. The zero-order valence-electron chi connectivity index (χ0n) is 18.4. The van der Waals surface area contributed by atoms with Crippen molar-refractivity contribution in [2.24, 2.45) is 0 Å². The number of carbonyl (C=O) groups excluding carboxylic acids is 3. The lowest BCUT2D eigenvalue weighted by Gasteiger charge is -2.24. The average molecular weight is 489 g/mol. The van der Waals surface area contributed by atoms with Crippen LogP contribution in [0.4, 0.5) is 23.7 Å². The van der Waals surface area contributed by atoms with E-state index < -0.39 is 36.7 Å². The summed E-state index contributed by atoms with van der Waals surface area (Å²) in [4.78, 5) is 39.5. The molecule has 184 valence electrons. The van der Waals surface area contributed by atoms with E-state index in [2.05, 4.69) is 10.1 Å². The Morgan fingerprint density at radius 1 is 1.11 bits per heavy atom. The molecule has 2 N–H and O–H groups in total. The Kier molecular flexibility index (Phi) is 6.79. The van der Waals surface area contributed by atoms with Gasteiger partial charge in [0.05, 0.1) is 17.2 Å². The molecule has 0 unspecified atom stereocenters. The number of Topliss-reactive ketones (excluding diaryl/α,β-unsaturated/α-hetero) is 1. The predicted octanol–water partition coefficient (Wildman–Crippen LogP) is 3.98. The van der Waals surface area contributed by atoms with E-state index in [0.29, 0.717) is 41.5 Å². The molecule has 2 heterocycles. The number of carbonyl (C=O) groups is 3. The minimum absolute atomic E-state index is 0.159. The van der Waals surface area contributed by atoms with Gasteiger partial charge >= 0.3 is 12.4 Å². The number of ether oxygens (including phenoxy) is 1. The SMILES string of the molecule is O=C(Cc1cccc(OC(F)(F)F)c1)[C@@H]1CCCN1C(=O)Nc1cn(C(=O)CO)c2ccccc12. The van der Waals surface area contributed by atoms with Crippen LogP contribution in [0.2, 0.25) is 0 Å². The zero-order chi connectivity index (χ0) is 25.2. The summed E-state index contributed by atoms with van der Waals surface area (Å²) in [5, 5.41) is 12.6. The molecule has 1 aliphatic rings. The molecular weight excluding hydrogens is 467 g/mol. The van der Waals surface area contributed by atoms with Crippen molar-refractivity contribution in [2.75, 3.05) is 18.5 Å². The Morgan fingerprint density at radius 2 is 1.89 bits per heavy atom. The molecule has 0 aliphatic carbocycles. The van der Waals surface area contributed by atoms with Crippen molar-refractivity contribution in [3.8, 4) is 5.75 Å². The first-order valence-electron chi connectivity index (χ1n) is 10.9. The topological polar surface area (TPSA) is 101 Å². The third-order valence-electron chi connectivity index (χ3n) is 5.75. The summed E-state index contributed by atoms with van der Waals surface area (Å²) in [5.74, 6) is -1.29. The number of ketones is 1. The second-order valence-corrected chi connectivity index (χ2v) is 8.10. The lowest BCUT2D eigenvalue weighted by molar-refractivity contribution is -0.274. The Balaban J connectivity index is 1.49. The lowest BCUT2D eigenvalue weighted by Crippen LogP contribution is -2.43. The van der Waals surface area contributed by atoms with E-state index in [0.717, 1.165) is 12.1 Å². The molecule has 0 radical (unpaired) electrons. The number of halogens is 3. The Bertz CT molecular complexity index is 1270. The van der Waals surface area contributed by atoms with Gasteiger partial charge in [0.25, 0.3) is 5.91 Å². The third-order valence-corrected chi connectivity index (χ3v) is 5.75. The highest BCUT2D eigenvalue weighted by Gasteiger charge is 2.35. The van der Waals surface area contributed by atoms with E-state index in [4.69, 9.17) is 0 Å². The molecule has 3 aromatic rings. The maximum Gasteiger partial charge on any atom is 0.573 e. The van der Waals surface area contributed by atoms with Crippen LogP contribution in [0.15, 0.2) is 54.7 Å². The molecule has 8 nitrogen and oxygen atoms in total. The number of aliphatic hydroxyl groups is 1. The molecule has 2 amide bonds. The van der Waals surface area contributed by atoms with Crippen LogP contribution >= 0.6 is 0 Å². The van der Waals surface area contributed by atoms with E-state index >= 15 is 0 Å². The first kappa shape index (κ1) is 24.3. The summed E-state index contributed by atoms with van der Waals surface area (Å²) in [7, 11) is 0. The predicted molar refractivity (Wildman–Crippen MR) is 120 cm³/mol. The molecule has 2 aromatic carbocycles. The minimum Gasteiger partial charge on any atom is -0.406 e. The second-order valence-electron chi connectivity index (χ2n) is 8.10. The summed E-state index contributed by atoms with van der Waals surface area (Å²) in [6.07, 6.45) is -2.57. The molecule has 35 heavy (non-hydrogen) atoms. The van der Waals surface area contributed by atoms with Crippen molar-refractivity contribution in [3.63, 3.8) is 0 Å². The molecule has 1 atom stereocenters. The van der Waals surface area contributed by atoms with E-state index in [1.807, 2.05) is 0 Å². The minimum atomic E-state index is -4.84. The van der Waals surface area contributed by atoms with Gasteiger partial charge in [-0.25, -0.2) is 4.79 Å². The number of alkyl halides is 3. The maximum absolute atomic E-state index is 13.1. The molecule has 4 rings (SSSR count). The molecule has 0 spiro atoms. The van der Waals surface area contributed by atoms with Gasteiger partial charge in [-0.3, -0.25) is 14.2 Å². The average Bonchev–Trinajstić information content (AvgIpc) is 3.43. The van der Waals surface area contributed by atoms with Gasteiger partial charge < -0.3 is 20.1 Å². The fraction of sp³-hybridized carbons (Fsp3) is 0.292. The van der Waals surface area contributed by atoms with Crippen molar-refractivity contribution in [2.45, 2.75) is 31.7 Å². The van der Waals surface area contributed by atoms with Gasteiger partial charge in [0.2, 0.25) is 0 Å². The number of nitrogens with zero attached hydrogens (tertiary/aromatic N) is 2. The first-order valence-corrected chi connectivity index (χ1v) is 10.9.